The summed E-state index contributed by atoms with van der Waals surface area (Å²) < 4.78 is 24.7. The predicted molar refractivity (Wildman–Crippen MR) is 394 cm³/mol. The van der Waals surface area contributed by atoms with Gasteiger partial charge in [0, 0.05) is 11.5 Å². The first-order chi connectivity index (χ1) is 45.5. The van der Waals surface area contributed by atoms with E-state index in [4.69, 9.17) is 30.2 Å². The maximum Gasteiger partial charge on any atom is 0.119 e. The largest absolute Gasteiger partial charge is 0.494 e. The molecule has 2 heterocycles. The van der Waals surface area contributed by atoms with Gasteiger partial charge in [-0.2, -0.15) is 0 Å². The monoisotopic (exact) mass is 1280 g/mol. The number of likely N-dealkylation sites (tertiary alicyclic amines) is 2. The SMILES string of the molecule is C.C.NCCCCCCOc1ccc(C(=C2C3CC4CC(C3)CC2C4)c2ccc(OCCCCCCN3CCCCCC3)cc2)cc1.[N-]=[N+]=NCCCCCCOc1ccc(C(=C2C3CC4CC(C3)CC2C4)c2ccc(OCCCCCCN3CCCCCC3)cc2)cc1. The molecule has 0 radical (unpaired) electrons. The molecule has 4 aromatic rings. The van der Waals surface area contributed by atoms with Gasteiger partial charge >= 0.3 is 0 Å². The average Bonchev–Trinajstić information content (AvgIpc) is 0.760. The van der Waals surface area contributed by atoms with Crippen LogP contribution in [-0.4, -0.2) is 88.6 Å². The first kappa shape index (κ1) is 73.0. The number of hydrogen-bond acceptors (Lipinski definition) is 8. The molecule has 14 rings (SSSR count). The van der Waals surface area contributed by atoms with Crippen molar-refractivity contribution in [1.82, 2.24) is 9.80 Å². The molecule has 10 fully saturated rings. The van der Waals surface area contributed by atoms with Crippen LogP contribution in [-0.2, 0) is 0 Å². The second kappa shape index (κ2) is 39.8. The van der Waals surface area contributed by atoms with Gasteiger partial charge in [0.1, 0.15) is 23.0 Å². The van der Waals surface area contributed by atoms with Crippen LogP contribution in [0.25, 0.3) is 21.6 Å². The van der Waals surface area contributed by atoms with E-state index < -0.39 is 0 Å². The van der Waals surface area contributed by atoms with Gasteiger partial charge in [0.2, 0.25) is 0 Å². The maximum absolute atomic E-state index is 8.41. The number of hydrogen-bond donors (Lipinski definition) is 1. The summed E-state index contributed by atoms with van der Waals surface area (Å²) in [5.74, 6) is 10.8. The highest BCUT2D eigenvalue weighted by atomic mass is 16.5. The van der Waals surface area contributed by atoms with Crippen molar-refractivity contribution >= 4 is 11.1 Å². The second-order valence-electron chi connectivity index (χ2n) is 29.7. The zero-order valence-electron chi connectivity index (χ0n) is 56.8. The van der Waals surface area contributed by atoms with E-state index in [1.54, 1.807) is 11.1 Å². The molecule has 10 heteroatoms. The Morgan fingerprint density at radius 3 is 0.926 bits per heavy atom. The Morgan fingerprint density at radius 2 is 0.638 bits per heavy atom. The lowest BCUT2D eigenvalue weighted by Crippen LogP contribution is -2.40. The van der Waals surface area contributed by atoms with Crippen molar-refractivity contribution in [1.29, 1.82) is 0 Å². The zero-order chi connectivity index (χ0) is 62.8. The van der Waals surface area contributed by atoms with Crippen LogP contribution in [0.4, 0.5) is 0 Å². The fourth-order valence-corrected chi connectivity index (χ4v) is 18.4. The number of azide groups is 1. The van der Waals surface area contributed by atoms with Gasteiger partial charge in [-0.15, -0.1) is 0 Å². The zero-order valence-corrected chi connectivity index (χ0v) is 56.8. The van der Waals surface area contributed by atoms with Crippen molar-refractivity contribution in [3.63, 3.8) is 0 Å². The molecular formula is C84H126N6O4. The molecule has 8 saturated carbocycles. The van der Waals surface area contributed by atoms with Crippen LogP contribution >= 0.6 is 0 Å². The quantitative estimate of drug-likeness (QED) is 0.0211. The number of benzene rings is 4. The molecule has 2 saturated heterocycles. The molecule has 0 amide bonds. The summed E-state index contributed by atoms with van der Waals surface area (Å²) in [6, 6.07) is 36.1. The lowest BCUT2D eigenvalue weighted by molar-refractivity contribution is 0.0705. The van der Waals surface area contributed by atoms with Crippen LogP contribution in [0.2, 0.25) is 0 Å². The Hall–Kier alpha value is -5.25. The standard InChI is InChI=1S/C41H58N4O2.C41H60N2O2.2CH4/c42-44-43-21-7-1-5-11-25-46-38-17-13-34(14-18-38)40(41-36-28-32-27-33(30-36)31-37(41)29-32)35-15-19-39(20-16-35)47-26-12-6-4-10-24-45-22-8-2-3-9-23-45;42-21-7-1-5-11-25-44-38-17-13-34(14-18-38)40(41-36-28-32-27-33(30-36)31-37(41)29-32)35-15-19-39(20-16-35)45-26-12-6-4-10-24-43-22-8-2-3-9-23-43;;/h13-20,32-33,36-37H,1-12,21-31H2;13-20,32-33,36-37H,1-12,21-31,42H2;2*1H4. The molecule has 10 nitrogen and oxygen atoms in total. The molecule has 8 aliphatic carbocycles. The fourth-order valence-electron chi connectivity index (χ4n) is 18.4. The van der Waals surface area contributed by atoms with Gasteiger partial charge in [0.25, 0.3) is 0 Å². The highest BCUT2D eigenvalue weighted by Gasteiger charge is 2.48. The number of allylic oxidation sites excluding steroid dienone is 2. The van der Waals surface area contributed by atoms with Gasteiger partial charge in [-0.05, 0) is 322 Å². The van der Waals surface area contributed by atoms with Crippen molar-refractivity contribution in [3.05, 3.63) is 141 Å². The van der Waals surface area contributed by atoms with Crippen LogP contribution in [0.3, 0.4) is 0 Å². The van der Waals surface area contributed by atoms with E-state index in [0.717, 1.165) is 155 Å². The smallest absolute Gasteiger partial charge is 0.119 e. The summed E-state index contributed by atoms with van der Waals surface area (Å²) >= 11 is 0. The van der Waals surface area contributed by atoms with Crippen molar-refractivity contribution in [2.24, 2.45) is 58.2 Å². The van der Waals surface area contributed by atoms with Gasteiger partial charge < -0.3 is 34.5 Å². The molecule has 2 N–H and O–H groups in total. The first-order valence-electron chi connectivity index (χ1n) is 38.1. The molecule has 4 aromatic carbocycles. The van der Waals surface area contributed by atoms with Crippen LogP contribution < -0.4 is 24.7 Å². The van der Waals surface area contributed by atoms with E-state index in [2.05, 4.69) is 117 Å². The summed E-state index contributed by atoms with van der Waals surface area (Å²) in [6.45, 7) is 12.3. The highest BCUT2D eigenvalue weighted by Crippen LogP contribution is 2.60. The van der Waals surface area contributed by atoms with Gasteiger partial charge in [-0.1, -0.05) is 157 Å². The Bertz CT molecular complexity index is 2820. The predicted octanol–water partition coefficient (Wildman–Crippen LogP) is 21.9. The van der Waals surface area contributed by atoms with E-state index in [-0.39, 0.29) is 14.9 Å². The molecule has 0 spiro atoms. The summed E-state index contributed by atoms with van der Waals surface area (Å²) in [5, 5.41) is 3.62. The van der Waals surface area contributed by atoms with Crippen LogP contribution in [0.15, 0.2) is 113 Å². The van der Waals surface area contributed by atoms with Crippen molar-refractivity contribution in [3.8, 4) is 23.0 Å². The lowest BCUT2D eigenvalue weighted by atomic mass is 9.53. The Balaban J connectivity index is 0.000000217. The Labute approximate surface area is 571 Å². The highest BCUT2D eigenvalue weighted by molar-refractivity contribution is 5.84. The van der Waals surface area contributed by atoms with E-state index >= 15 is 0 Å². The van der Waals surface area contributed by atoms with Crippen LogP contribution in [0.5, 0.6) is 23.0 Å². The molecule has 0 atom stereocenters. The number of rotatable bonds is 35. The summed E-state index contributed by atoms with van der Waals surface area (Å²) in [5.41, 5.74) is 25.9. The third-order valence-corrected chi connectivity index (χ3v) is 22.7. The van der Waals surface area contributed by atoms with Crippen LogP contribution in [0, 0.1) is 47.3 Å². The van der Waals surface area contributed by atoms with Crippen molar-refractivity contribution in [2.45, 2.75) is 233 Å². The Morgan fingerprint density at radius 1 is 0.362 bits per heavy atom. The van der Waals surface area contributed by atoms with Gasteiger partial charge in [-0.3, -0.25) is 0 Å². The number of ether oxygens (including phenoxy) is 4. The Kier molecular flexibility index (Phi) is 30.9. The molecular weight excluding hydrogens is 1160 g/mol. The molecule has 10 aliphatic rings. The van der Waals surface area contributed by atoms with E-state index in [0.29, 0.717) is 6.54 Å². The maximum atomic E-state index is 8.41. The summed E-state index contributed by atoms with van der Waals surface area (Å²) in [6.07, 6.45) is 44.2. The summed E-state index contributed by atoms with van der Waals surface area (Å²) in [7, 11) is 0. The average molecular weight is 1280 g/mol. The third kappa shape index (κ3) is 21.9. The van der Waals surface area contributed by atoms with E-state index in [9.17, 15) is 0 Å². The van der Waals surface area contributed by atoms with Crippen LogP contribution in [0.1, 0.15) is 255 Å². The number of nitrogens with two attached hydrogens (primary N) is 1. The number of unbranched alkanes of at least 4 members (excludes halogenated alkanes) is 12. The molecule has 94 heavy (non-hydrogen) atoms. The first-order valence-corrected chi connectivity index (χ1v) is 38.1. The fraction of sp³-hybridized carbons (Fsp3) is 0.667. The minimum Gasteiger partial charge on any atom is -0.494 e. The van der Waals surface area contributed by atoms with Gasteiger partial charge in [0.15, 0.2) is 0 Å². The van der Waals surface area contributed by atoms with Crippen molar-refractivity contribution in [2.75, 3.05) is 78.8 Å². The molecule has 0 unspecified atom stereocenters. The minimum atomic E-state index is 0. The van der Waals surface area contributed by atoms with Crippen molar-refractivity contribution < 1.29 is 18.9 Å². The summed E-state index contributed by atoms with van der Waals surface area (Å²) in [4.78, 5) is 8.20. The van der Waals surface area contributed by atoms with Gasteiger partial charge in [-0.25, -0.2) is 0 Å². The normalized spacial score (nSPS) is 23.6. The third-order valence-electron chi connectivity index (χ3n) is 22.7. The topological polar surface area (TPSA) is 118 Å². The molecule has 0 aromatic heterocycles. The van der Waals surface area contributed by atoms with E-state index in [1.807, 2.05) is 0 Å². The molecule has 2 aliphatic heterocycles. The number of nitrogens with zero attached hydrogens (tertiary/aromatic N) is 5. The van der Waals surface area contributed by atoms with E-state index in [1.165, 1.54) is 240 Å². The molecule has 516 valence electrons. The lowest BCUT2D eigenvalue weighted by Gasteiger charge is -2.52. The molecule has 8 bridgehead atoms. The second-order valence-corrected chi connectivity index (χ2v) is 29.7. The minimum absolute atomic E-state index is 0. The van der Waals surface area contributed by atoms with Gasteiger partial charge in [0.05, 0.1) is 26.4 Å².